The van der Waals surface area contributed by atoms with Crippen LogP contribution in [0.25, 0.3) is 0 Å². The number of carbonyl (C=O) groups is 1. The van der Waals surface area contributed by atoms with Gasteiger partial charge in [-0.2, -0.15) is 0 Å². The van der Waals surface area contributed by atoms with Gasteiger partial charge in [0.15, 0.2) is 0 Å². The van der Waals surface area contributed by atoms with Gasteiger partial charge in [0.1, 0.15) is 0 Å². The second kappa shape index (κ2) is 4.80. The van der Waals surface area contributed by atoms with Crippen molar-refractivity contribution in [2.24, 2.45) is 5.92 Å². The molecule has 102 valence electrons. The molecule has 2 fully saturated rings. The smallest absolute Gasteiger partial charge is 0.308 e. The molecule has 3 nitrogen and oxygen atoms in total. The summed E-state index contributed by atoms with van der Waals surface area (Å²) in [4.78, 5) is 14.0. The van der Waals surface area contributed by atoms with Crippen molar-refractivity contribution in [2.75, 3.05) is 7.05 Å². The van der Waals surface area contributed by atoms with Gasteiger partial charge < -0.3 is 5.11 Å². The van der Waals surface area contributed by atoms with Crippen LogP contribution in [0, 0.1) is 5.92 Å². The molecule has 2 aliphatic rings. The standard InChI is InChI=1S/C15H18ClNO2/c1-17-11-6-7-13(17)14(15(18)19)12(8-11)9-2-4-10(16)5-3-9/h2-5,11-14H,6-8H2,1H3,(H,18,19)/t11-,12+,13?,14?/m0/s1. The fourth-order valence-electron chi connectivity index (χ4n) is 3.86. The molecule has 1 aromatic rings. The highest BCUT2D eigenvalue weighted by atomic mass is 35.5. The van der Waals surface area contributed by atoms with Crippen LogP contribution in [0.15, 0.2) is 24.3 Å². The van der Waals surface area contributed by atoms with E-state index in [0.717, 1.165) is 24.8 Å². The average Bonchev–Trinajstić information content (AvgIpc) is 2.63. The van der Waals surface area contributed by atoms with Crippen molar-refractivity contribution in [1.82, 2.24) is 4.90 Å². The lowest BCUT2D eigenvalue weighted by molar-refractivity contribution is -0.146. The Kier molecular flexibility index (Phi) is 3.27. The fourth-order valence-corrected chi connectivity index (χ4v) is 3.98. The fraction of sp³-hybridized carbons (Fsp3) is 0.533. The van der Waals surface area contributed by atoms with E-state index in [1.807, 2.05) is 24.3 Å². The molecule has 0 spiro atoms. The van der Waals surface area contributed by atoms with Gasteiger partial charge in [-0.05, 0) is 44.0 Å². The average molecular weight is 280 g/mol. The minimum absolute atomic E-state index is 0.114. The number of rotatable bonds is 2. The Bertz CT molecular complexity index is 487. The SMILES string of the molecule is CN1C2CC[C@H]1C[C@H](c1ccc(Cl)cc1)C2C(=O)O. The number of carboxylic acids is 1. The maximum Gasteiger partial charge on any atom is 0.308 e. The molecule has 0 radical (unpaired) electrons. The molecule has 19 heavy (non-hydrogen) atoms. The molecule has 2 bridgehead atoms. The van der Waals surface area contributed by atoms with E-state index >= 15 is 0 Å². The Balaban J connectivity index is 1.95. The third-order valence-corrected chi connectivity index (χ3v) is 5.10. The second-order valence-electron chi connectivity index (χ2n) is 5.72. The number of halogens is 1. The lowest BCUT2D eigenvalue weighted by Gasteiger charge is -2.41. The molecule has 2 unspecified atom stereocenters. The van der Waals surface area contributed by atoms with Crippen molar-refractivity contribution in [1.29, 1.82) is 0 Å². The maximum atomic E-state index is 11.7. The highest BCUT2D eigenvalue weighted by molar-refractivity contribution is 6.30. The van der Waals surface area contributed by atoms with Gasteiger partial charge in [0.05, 0.1) is 5.92 Å². The molecule has 1 aromatic carbocycles. The monoisotopic (exact) mass is 279 g/mol. The van der Waals surface area contributed by atoms with Gasteiger partial charge in [-0.3, -0.25) is 9.69 Å². The van der Waals surface area contributed by atoms with Crippen LogP contribution in [0.4, 0.5) is 0 Å². The molecule has 4 heteroatoms. The van der Waals surface area contributed by atoms with Crippen molar-refractivity contribution < 1.29 is 9.90 Å². The lowest BCUT2D eigenvalue weighted by Crippen LogP contribution is -2.48. The second-order valence-corrected chi connectivity index (χ2v) is 6.16. The Morgan fingerprint density at radius 2 is 2.00 bits per heavy atom. The Morgan fingerprint density at radius 3 is 2.63 bits per heavy atom. The van der Waals surface area contributed by atoms with E-state index in [0.29, 0.717) is 11.1 Å². The van der Waals surface area contributed by atoms with Crippen LogP contribution >= 0.6 is 11.6 Å². The summed E-state index contributed by atoms with van der Waals surface area (Å²) < 4.78 is 0. The summed E-state index contributed by atoms with van der Waals surface area (Å²) in [5.74, 6) is -0.856. The molecular weight excluding hydrogens is 262 g/mol. The Morgan fingerprint density at radius 1 is 1.32 bits per heavy atom. The number of nitrogens with zero attached hydrogens (tertiary/aromatic N) is 1. The summed E-state index contributed by atoms with van der Waals surface area (Å²) >= 11 is 5.92. The Hall–Kier alpha value is -1.06. The third-order valence-electron chi connectivity index (χ3n) is 4.85. The highest BCUT2D eigenvalue weighted by Crippen LogP contribution is 2.46. The van der Waals surface area contributed by atoms with E-state index in [1.54, 1.807) is 0 Å². The number of carboxylic acid groups (broad SMARTS) is 1. The molecular formula is C15H18ClNO2. The summed E-state index contributed by atoms with van der Waals surface area (Å²) in [6, 6.07) is 8.38. The zero-order chi connectivity index (χ0) is 13.6. The van der Waals surface area contributed by atoms with Crippen LogP contribution in [-0.4, -0.2) is 35.1 Å². The molecule has 4 atom stereocenters. The predicted molar refractivity (Wildman–Crippen MR) is 74.5 cm³/mol. The van der Waals surface area contributed by atoms with E-state index in [2.05, 4.69) is 11.9 Å². The summed E-state index contributed by atoms with van der Waals surface area (Å²) in [6.07, 6.45) is 3.06. The minimum atomic E-state index is -0.669. The van der Waals surface area contributed by atoms with Crippen LogP contribution in [0.1, 0.15) is 30.7 Å². The van der Waals surface area contributed by atoms with Crippen molar-refractivity contribution in [3.05, 3.63) is 34.9 Å². The van der Waals surface area contributed by atoms with Crippen molar-refractivity contribution in [3.8, 4) is 0 Å². The van der Waals surface area contributed by atoms with E-state index in [9.17, 15) is 9.90 Å². The van der Waals surface area contributed by atoms with Crippen LogP contribution in [-0.2, 0) is 4.79 Å². The number of aliphatic carboxylic acids is 1. The minimum Gasteiger partial charge on any atom is -0.481 e. The van der Waals surface area contributed by atoms with Crippen molar-refractivity contribution >= 4 is 17.6 Å². The summed E-state index contributed by atoms with van der Waals surface area (Å²) in [5.41, 5.74) is 1.11. The number of hydrogen-bond acceptors (Lipinski definition) is 2. The van der Waals surface area contributed by atoms with Crippen LogP contribution in [0.2, 0.25) is 5.02 Å². The molecule has 3 rings (SSSR count). The largest absolute Gasteiger partial charge is 0.481 e. The van der Waals surface area contributed by atoms with Gasteiger partial charge in [0.25, 0.3) is 0 Å². The Labute approximate surface area is 118 Å². The number of fused-ring (bicyclic) bond motifs is 2. The third kappa shape index (κ3) is 2.15. The number of hydrogen-bond donors (Lipinski definition) is 1. The molecule has 1 N–H and O–H groups in total. The topological polar surface area (TPSA) is 40.5 Å². The predicted octanol–water partition coefficient (Wildman–Crippen LogP) is 2.99. The first-order valence-corrected chi connectivity index (χ1v) is 7.16. The van der Waals surface area contributed by atoms with E-state index < -0.39 is 5.97 Å². The lowest BCUT2D eigenvalue weighted by atomic mass is 9.76. The molecule has 2 saturated heterocycles. The first kappa shape index (κ1) is 12.9. The van der Waals surface area contributed by atoms with Crippen LogP contribution in [0.3, 0.4) is 0 Å². The zero-order valence-electron chi connectivity index (χ0n) is 10.9. The quantitative estimate of drug-likeness (QED) is 0.905. The first-order valence-electron chi connectivity index (χ1n) is 6.78. The molecule has 2 heterocycles. The van der Waals surface area contributed by atoms with Crippen LogP contribution < -0.4 is 0 Å². The van der Waals surface area contributed by atoms with Crippen LogP contribution in [0.5, 0.6) is 0 Å². The first-order chi connectivity index (χ1) is 9.08. The van der Waals surface area contributed by atoms with E-state index in [4.69, 9.17) is 11.6 Å². The zero-order valence-corrected chi connectivity index (χ0v) is 11.7. The molecule has 0 saturated carbocycles. The number of benzene rings is 1. The maximum absolute atomic E-state index is 11.7. The summed E-state index contributed by atoms with van der Waals surface area (Å²) in [5, 5.41) is 10.3. The van der Waals surface area contributed by atoms with Gasteiger partial charge in [0.2, 0.25) is 0 Å². The molecule has 2 aliphatic heterocycles. The van der Waals surface area contributed by atoms with Gasteiger partial charge in [-0.25, -0.2) is 0 Å². The molecule has 0 aliphatic carbocycles. The normalized spacial score (nSPS) is 34.4. The summed E-state index contributed by atoms with van der Waals surface area (Å²) in [7, 11) is 2.07. The van der Waals surface area contributed by atoms with Gasteiger partial charge in [0, 0.05) is 23.0 Å². The number of piperidine rings is 1. The molecule has 0 aromatic heterocycles. The van der Waals surface area contributed by atoms with Crippen molar-refractivity contribution in [3.63, 3.8) is 0 Å². The molecule has 0 amide bonds. The highest BCUT2D eigenvalue weighted by Gasteiger charge is 2.49. The van der Waals surface area contributed by atoms with Gasteiger partial charge in [-0.15, -0.1) is 0 Å². The van der Waals surface area contributed by atoms with E-state index in [-0.39, 0.29) is 17.9 Å². The van der Waals surface area contributed by atoms with Gasteiger partial charge >= 0.3 is 5.97 Å². The van der Waals surface area contributed by atoms with Crippen molar-refractivity contribution in [2.45, 2.75) is 37.3 Å². The van der Waals surface area contributed by atoms with E-state index in [1.165, 1.54) is 0 Å². The summed E-state index contributed by atoms with van der Waals surface area (Å²) in [6.45, 7) is 0. The van der Waals surface area contributed by atoms with Gasteiger partial charge in [-0.1, -0.05) is 23.7 Å².